The Kier molecular flexibility index (Phi) is 9.74. The van der Waals surface area contributed by atoms with Gasteiger partial charge in [0.1, 0.15) is 6.61 Å². The van der Waals surface area contributed by atoms with Gasteiger partial charge in [-0.2, -0.15) is 0 Å². The van der Waals surface area contributed by atoms with Gasteiger partial charge in [0, 0.05) is 10.5 Å². The Morgan fingerprint density at radius 3 is 2.39 bits per heavy atom. The third-order valence-electron chi connectivity index (χ3n) is 6.05. The van der Waals surface area contributed by atoms with Crippen molar-refractivity contribution < 1.29 is 14.3 Å². The van der Waals surface area contributed by atoms with Gasteiger partial charge >= 0.3 is 0 Å². The smallest absolute Gasteiger partial charge is 0.266 e. The summed E-state index contributed by atoms with van der Waals surface area (Å²) in [7, 11) is 0. The number of aryl methyl sites for hydroxylation is 1. The van der Waals surface area contributed by atoms with Crippen LogP contribution in [0.25, 0.3) is 6.08 Å². The molecule has 5 nitrogen and oxygen atoms in total. The van der Waals surface area contributed by atoms with Gasteiger partial charge in [0.25, 0.3) is 5.91 Å². The lowest BCUT2D eigenvalue weighted by atomic mass is 10.1. The number of amidine groups is 1. The topological polar surface area (TPSA) is 51.1 Å². The van der Waals surface area contributed by atoms with Crippen molar-refractivity contribution in [1.29, 1.82) is 0 Å². The maximum atomic E-state index is 13.5. The maximum Gasteiger partial charge on any atom is 0.266 e. The molecule has 1 fully saturated rings. The predicted octanol–water partition coefficient (Wildman–Crippen LogP) is 8.90. The zero-order valence-corrected chi connectivity index (χ0v) is 25.8. The molecule has 0 aromatic heterocycles. The lowest BCUT2D eigenvalue weighted by molar-refractivity contribution is -0.123. The van der Waals surface area contributed by atoms with Gasteiger partial charge in [0.05, 0.1) is 21.7 Å². The second kappa shape index (κ2) is 13.0. The lowest BCUT2D eigenvalue weighted by Crippen LogP contribution is -2.36. The largest absolute Gasteiger partial charge is 0.490 e. The summed E-state index contributed by atoms with van der Waals surface area (Å²) < 4.78 is 13.8. The van der Waals surface area contributed by atoms with E-state index in [0.717, 1.165) is 32.2 Å². The van der Waals surface area contributed by atoms with Crippen molar-refractivity contribution in [2.45, 2.75) is 46.8 Å². The first-order valence-corrected chi connectivity index (χ1v) is 14.9. The highest BCUT2D eigenvalue weighted by atomic mass is 79.9. The fraction of sp³-hybridized carbons (Fsp3) is 0.267. The van der Waals surface area contributed by atoms with Gasteiger partial charge in [-0.3, -0.25) is 9.69 Å². The summed E-state index contributed by atoms with van der Waals surface area (Å²) in [6.45, 7) is 9.00. The third-order valence-corrected chi connectivity index (χ3v) is 8.15. The molecule has 0 radical (unpaired) electrons. The summed E-state index contributed by atoms with van der Waals surface area (Å²) in [6, 6.07) is 19.9. The van der Waals surface area contributed by atoms with E-state index in [4.69, 9.17) is 14.5 Å². The van der Waals surface area contributed by atoms with Crippen molar-refractivity contribution in [3.63, 3.8) is 0 Å². The van der Waals surface area contributed by atoms with Crippen molar-refractivity contribution in [2.75, 3.05) is 6.61 Å². The summed E-state index contributed by atoms with van der Waals surface area (Å²) in [5.41, 5.74) is 3.89. The van der Waals surface area contributed by atoms with Crippen LogP contribution in [0.4, 0.5) is 5.69 Å². The van der Waals surface area contributed by atoms with Gasteiger partial charge in [-0.05, 0) is 108 Å². The average Bonchev–Trinajstić information content (AvgIpc) is 3.19. The number of benzene rings is 3. The van der Waals surface area contributed by atoms with Crippen LogP contribution >= 0.6 is 43.6 Å². The van der Waals surface area contributed by atoms with E-state index in [-0.39, 0.29) is 11.9 Å². The fourth-order valence-electron chi connectivity index (χ4n) is 3.83. The number of hydrogen-bond acceptors (Lipinski definition) is 5. The van der Waals surface area contributed by atoms with Crippen LogP contribution < -0.4 is 9.47 Å². The number of halogens is 2. The summed E-state index contributed by atoms with van der Waals surface area (Å²) in [4.78, 5) is 20.7. The van der Waals surface area contributed by atoms with Gasteiger partial charge in [0.2, 0.25) is 0 Å². The molecule has 1 atom stereocenters. The van der Waals surface area contributed by atoms with E-state index in [1.165, 1.54) is 17.3 Å². The SMILES string of the molecule is CCOc1cc(/C=C2/SC(=Nc3ccc(C)cc3)N([C@H](C)CC)C2=O)cc(Br)c1OCc1ccc(Br)cc1. The zero-order chi connectivity index (χ0) is 27.2. The standard InChI is InChI=1S/C30H30Br2N2O3S/c1-5-20(4)34-29(35)27(38-30(34)33-24-13-7-19(3)8-14-24)17-22-15-25(32)28(26(16-22)36-6-2)37-18-21-9-11-23(31)12-10-21/h7-17,20H,5-6,18H2,1-4H3/b27-17+,33-30?/t20-/m1/s1. The van der Waals surface area contributed by atoms with Gasteiger partial charge in [-0.25, -0.2) is 4.99 Å². The number of ether oxygens (including phenoxy) is 2. The molecule has 3 aromatic carbocycles. The minimum absolute atomic E-state index is 0.0326. The van der Waals surface area contributed by atoms with Crippen molar-refractivity contribution in [1.82, 2.24) is 4.90 Å². The average molecular weight is 658 g/mol. The minimum Gasteiger partial charge on any atom is -0.490 e. The van der Waals surface area contributed by atoms with E-state index in [2.05, 4.69) is 38.8 Å². The first kappa shape index (κ1) is 28.5. The van der Waals surface area contributed by atoms with E-state index in [0.29, 0.717) is 34.8 Å². The first-order chi connectivity index (χ1) is 18.3. The molecule has 0 spiro atoms. The number of nitrogens with zero attached hydrogens (tertiary/aromatic N) is 2. The molecule has 3 aromatic rings. The zero-order valence-electron chi connectivity index (χ0n) is 21.8. The van der Waals surface area contributed by atoms with Crippen LogP contribution in [0.5, 0.6) is 11.5 Å². The van der Waals surface area contributed by atoms with E-state index < -0.39 is 0 Å². The number of aliphatic imine (C=N–C) groups is 1. The number of amides is 1. The molecule has 1 aliphatic rings. The number of carbonyl (C=O) groups excluding carboxylic acids is 1. The second-order valence-corrected chi connectivity index (χ2v) is 11.7. The minimum atomic E-state index is -0.0418. The number of thioether (sulfide) groups is 1. The Hall–Kier alpha value is -2.55. The Labute approximate surface area is 245 Å². The molecule has 198 valence electrons. The summed E-state index contributed by atoms with van der Waals surface area (Å²) in [5, 5.41) is 0.693. The van der Waals surface area contributed by atoms with Gasteiger partial charge in [-0.1, -0.05) is 52.7 Å². The van der Waals surface area contributed by atoms with Gasteiger partial charge in [0.15, 0.2) is 16.7 Å². The summed E-state index contributed by atoms with van der Waals surface area (Å²) in [5.74, 6) is 1.21. The van der Waals surface area contributed by atoms with E-state index in [1.807, 2.05) is 87.5 Å². The quantitative estimate of drug-likeness (QED) is 0.216. The second-order valence-electron chi connectivity index (χ2n) is 8.95. The predicted molar refractivity (Wildman–Crippen MR) is 164 cm³/mol. The van der Waals surface area contributed by atoms with Crippen LogP contribution in [-0.4, -0.2) is 28.6 Å². The van der Waals surface area contributed by atoms with E-state index in [9.17, 15) is 4.79 Å². The monoisotopic (exact) mass is 656 g/mol. The maximum absolute atomic E-state index is 13.5. The van der Waals surface area contributed by atoms with Crippen LogP contribution in [0.3, 0.4) is 0 Å². The van der Waals surface area contributed by atoms with Gasteiger partial charge < -0.3 is 9.47 Å². The molecule has 0 bridgehead atoms. The molecule has 1 heterocycles. The molecular weight excluding hydrogens is 628 g/mol. The Balaban J connectivity index is 1.64. The molecule has 1 amide bonds. The van der Waals surface area contributed by atoms with Crippen LogP contribution in [0, 0.1) is 6.92 Å². The summed E-state index contributed by atoms with van der Waals surface area (Å²) in [6.07, 6.45) is 2.72. The highest BCUT2D eigenvalue weighted by Gasteiger charge is 2.36. The molecule has 0 unspecified atom stereocenters. The van der Waals surface area contributed by atoms with Crippen molar-refractivity contribution in [3.05, 3.63) is 91.2 Å². The molecule has 1 aliphatic heterocycles. The van der Waals surface area contributed by atoms with Crippen LogP contribution in [0.15, 0.2) is 79.5 Å². The van der Waals surface area contributed by atoms with Crippen LogP contribution in [0.2, 0.25) is 0 Å². The lowest BCUT2D eigenvalue weighted by Gasteiger charge is -2.22. The fourth-order valence-corrected chi connectivity index (χ4v) is 5.76. The van der Waals surface area contributed by atoms with Crippen LogP contribution in [-0.2, 0) is 11.4 Å². The highest BCUT2D eigenvalue weighted by Crippen LogP contribution is 2.40. The highest BCUT2D eigenvalue weighted by molar-refractivity contribution is 9.10. The molecule has 0 aliphatic carbocycles. The molecule has 0 saturated carbocycles. The van der Waals surface area contributed by atoms with E-state index in [1.54, 1.807) is 4.90 Å². The molecule has 8 heteroatoms. The molecule has 0 N–H and O–H groups in total. The van der Waals surface area contributed by atoms with E-state index >= 15 is 0 Å². The van der Waals surface area contributed by atoms with Crippen LogP contribution in [0.1, 0.15) is 43.9 Å². The number of hydrogen-bond donors (Lipinski definition) is 0. The molecule has 1 saturated heterocycles. The molecular formula is C30H30Br2N2O3S. The van der Waals surface area contributed by atoms with Crippen molar-refractivity contribution in [3.8, 4) is 11.5 Å². The Morgan fingerprint density at radius 2 is 1.74 bits per heavy atom. The third kappa shape index (κ3) is 6.90. The number of rotatable bonds is 9. The Bertz CT molecular complexity index is 1360. The van der Waals surface area contributed by atoms with Crippen molar-refractivity contribution in [2.24, 2.45) is 4.99 Å². The summed E-state index contributed by atoms with van der Waals surface area (Å²) >= 11 is 8.52. The molecule has 4 rings (SSSR count). The normalized spacial score (nSPS) is 16.4. The number of carbonyl (C=O) groups is 1. The van der Waals surface area contributed by atoms with Gasteiger partial charge in [-0.15, -0.1) is 0 Å². The Morgan fingerprint density at radius 1 is 1.03 bits per heavy atom. The first-order valence-electron chi connectivity index (χ1n) is 12.5. The van der Waals surface area contributed by atoms with Crippen molar-refractivity contribution >= 4 is 66.5 Å². The molecule has 38 heavy (non-hydrogen) atoms.